The van der Waals surface area contributed by atoms with Crippen LogP contribution in [0.1, 0.15) is 31.9 Å². The summed E-state index contributed by atoms with van der Waals surface area (Å²) in [4.78, 5) is 28.2. The molecule has 39 heavy (non-hydrogen) atoms. The van der Waals surface area contributed by atoms with E-state index in [1.807, 2.05) is 20.8 Å². The Labute approximate surface area is 248 Å². The fourth-order valence-electron chi connectivity index (χ4n) is 3.79. The van der Waals surface area contributed by atoms with Crippen molar-refractivity contribution in [3.05, 3.63) is 92.4 Å². The zero-order valence-corrected chi connectivity index (χ0v) is 25.9. The Morgan fingerprint density at radius 1 is 0.949 bits per heavy atom. The van der Waals surface area contributed by atoms with Gasteiger partial charge in [-0.15, -0.1) is 0 Å². The molecule has 1 N–H and O–H groups in total. The van der Waals surface area contributed by atoms with Crippen LogP contribution in [0.15, 0.2) is 76.1 Å². The second-order valence-electron chi connectivity index (χ2n) is 9.40. The van der Waals surface area contributed by atoms with Gasteiger partial charge in [0.1, 0.15) is 12.6 Å². The normalized spacial score (nSPS) is 12.2. The van der Waals surface area contributed by atoms with Gasteiger partial charge in [-0.3, -0.25) is 13.9 Å². The van der Waals surface area contributed by atoms with Gasteiger partial charge in [-0.2, -0.15) is 0 Å². The summed E-state index contributed by atoms with van der Waals surface area (Å²) in [6.45, 7) is 6.52. The van der Waals surface area contributed by atoms with Crippen molar-refractivity contribution >= 4 is 66.7 Å². The maximum absolute atomic E-state index is 13.9. The van der Waals surface area contributed by atoms with Crippen molar-refractivity contribution in [1.29, 1.82) is 0 Å². The molecule has 0 aliphatic heterocycles. The lowest BCUT2D eigenvalue weighted by molar-refractivity contribution is -0.139. The molecule has 0 heterocycles. The first-order valence-electron chi connectivity index (χ1n) is 12.2. The van der Waals surface area contributed by atoms with E-state index in [-0.39, 0.29) is 23.4 Å². The quantitative estimate of drug-likeness (QED) is 0.282. The number of nitrogens with one attached hydrogen (secondary N) is 1. The Morgan fingerprint density at radius 2 is 1.56 bits per heavy atom. The third-order valence-electron chi connectivity index (χ3n) is 5.96. The molecule has 11 heteroatoms. The number of hydrogen-bond acceptors (Lipinski definition) is 4. The van der Waals surface area contributed by atoms with E-state index < -0.39 is 28.5 Å². The van der Waals surface area contributed by atoms with Crippen LogP contribution >= 0.6 is 39.1 Å². The number of carbonyl (C=O) groups is 2. The van der Waals surface area contributed by atoms with Crippen LogP contribution in [0.3, 0.4) is 0 Å². The van der Waals surface area contributed by atoms with Gasteiger partial charge in [0.2, 0.25) is 11.8 Å². The summed E-state index contributed by atoms with van der Waals surface area (Å²) in [5.41, 5.74) is 1.77. The number of rotatable bonds is 10. The minimum absolute atomic E-state index is 0.0275. The lowest BCUT2D eigenvalue weighted by Gasteiger charge is -2.32. The highest BCUT2D eigenvalue weighted by Gasteiger charge is 2.33. The number of benzene rings is 3. The largest absolute Gasteiger partial charge is 0.352 e. The maximum atomic E-state index is 13.9. The molecule has 0 aliphatic carbocycles. The smallest absolute Gasteiger partial charge is 0.264 e. The monoisotopic (exact) mass is 653 g/mol. The summed E-state index contributed by atoms with van der Waals surface area (Å²) < 4.78 is 29.4. The van der Waals surface area contributed by atoms with Crippen LogP contribution in [0.4, 0.5) is 5.69 Å². The van der Waals surface area contributed by atoms with E-state index in [1.165, 1.54) is 17.0 Å². The van der Waals surface area contributed by atoms with Crippen LogP contribution in [-0.2, 0) is 26.2 Å². The van der Waals surface area contributed by atoms with Crippen molar-refractivity contribution < 1.29 is 18.0 Å². The van der Waals surface area contributed by atoms with E-state index in [2.05, 4.69) is 21.2 Å². The van der Waals surface area contributed by atoms with Gasteiger partial charge in [0.05, 0.1) is 10.6 Å². The van der Waals surface area contributed by atoms with Gasteiger partial charge in [0.15, 0.2) is 0 Å². The highest BCUT2D eigenvalue weighted by Crippen LogP contribution is 2.27. The van der Waals surface area contributed by atoms with Gasteiger partial charge in [-0.25, -0.2) is 8.42 Å². The number of aryl methyl sites for hydroxylation is 1. The van der Waals surface area contributed by atoms with Crippen molar-refractivity contribution in [2.75, 3.05) is 10.8 Å². The number of amides is 2. The van der Waals surface area contributed by atoms with Gasteiger partial charge in [-0.05, 0) is 81.8 Å². The van der Waals surface area contributed by atoms with Gasteiger partial charge in [-0.1, -0.05) is 62.9 Å². The van der Waals surface area contributed by atoms with Crippen LogP contribution in [0, 0.1) is 6.92 Å². The molecule has 3 aromatic carbocycles. The fourth-order valence-corrected chi connectivity index (χ4v) is 5.94. The summed E-state index contributed by atoms with van der Waals surface area (Å²) in [6.07, 6.45) is 0. The zero-order chi connectivity index (χ0) is 28.9. The molecule has 3 rings (SSSR count). The van der Waals surface area contributed by atoms with Crippen molar-refractivity contribution in [2.45, 2.75) is 51.2 Å². The fraction of sp³-hybridized carbons (Fsp3) is 0.286. The van der Waals surface area contributed by atoms with Gasteiger partial charge < -0.3 is 10.2 Å². The minimum atomic E-state index is -4.14. The Morgan fingerprint density at radius 3 is 2.13 bits per heavy atom. The summed E-state index contributed by atoms with van der Waals surface area (Å²) in [5.74, 6) is -0.953. The molecule has 0 spiro atoms. The zero-order valence-electron chi connectivity index (χ0n) is 22.0. The molecule has 0 aromatic heterocycles. The van der Waals surface area contributed by atoms with Crippen molar-refractivity contribution in [3.63, 3.8) is 0 Å². The molecule has 7 nitrogen and oxygen atoms in total. The summed E-state index contributed by atoms with van der Waals surface area (Å²) in [7, 11) is -4.14. The number of anilines is 1. The Balaban J connectivity index is 2.04. The first-order chi connectivity index (χ1) is 18.3. The molecule has 0 aliphatic rings. The van der Waals surface area contributed by atoms with E-state index in [0.717, 1.165) is 14.3 Å². The second kappa shape index (κ2) is 13.2. The number of hydrogen-bond donors (Lipinski definition) is 1. The predicted octanol–water partition coefficient (Wildman–Crippen LogP) is 6.20. The first-order valence-corrected chi connectivity index (χ1v) is 15.2. The van der Waals surface area contributed by atoms with E-state index >= 15 is 0 Å². The number of sulfonamides is 1. The minimum Gasteiger partial charge on any atom is -0.352 e. The van der Waals surface area contributed by atoms with Gasteiger partial charge in [0.25, 0.3) is 10.0 Å². The molecule has 0 unspecified atom stereocenters. The highest BCUT2D eigenvalue weighted by atomic mass is 79.9. The molecular formula is C28H30BrCl2N3O4S. The van der Waals surface area contributed by atoms with E-state index in [1.54, 1.807) is 61.5 Å². The maximum Gasteiger partial charge on any atom is 0.264 e. The SMILES string of the molecule is Cc1ccc(S(=O)(=O)N(CC(=O)N(Cc2ccc(Cl)cc2Cl)[C@H](C)C(=O)NC(C)C)c2ccc(Br)cc2)cc1. The van der Waals surface area contributed by atoms with E-state index in [9.17, 15) is 18.0 Å². The summed E-state index contributed by atoms with van der Waals surface area (Å²) in [5, 5.41) is 3.57. The number of nitrogens with zero attached hydrogens (tertiary/aromatic N) is 2. The molecule has 0 saturated heterocycles. The second-order valence-corrected chi connectivity index (χ2v) is 13.0. The Hall–Kier alpha value is -2.59. The molecule has 0 radical (unpaired) electrons. The number of carbonyl (C=O) groups excluding carboxylic acids is 2. The van der Waals surface area contributed by atoms with Crippen LogP contribution in [-0.4, -0.2) is 43.8 Å². The summed E-state index contributed by atoms with van der Waals surface area (Å²) in [6, 6.07) is 16.8. The first kappa shape index (κ1) is 30.9. The molecular weight excluding hydrogens is 625 g/mol. The number of halogens is 3. The lowest BCUT2D eigenvalue weighted by Crippen LogP contribution is -2.52. The van der Waals surface area contributed by atoms with Crippen molar-refractivity contribution in [2.24, 2.45) is 0 Å². The molecule has 2 amide bonds. The molecule has 1 atom stereocenters. The molecule has 0 fully saturated rings. The van der Waals surface area contributed by atoms with E-state index in [0.29, 0.717) is 21.3 Å². The standard InChI is InChI=1S/C28H30BrCl2N3O4S/c1-18(2)32-28(36)20(4)33(16-21-7-10-23(30)15-26(21)31)27(35)17-34(24-11-8-22(29)9-12-24)39(37,38)25-13-5-19(3)6-14-25/h5-15,18,20H,16-17H2,1-4H3,(H,32,36)/t20-/m1/s1. The highest BCUT2D eigenvalue weighted by molar-refractivity contribution is 9.10. The van der Waals surface area contributed by atoms with Crippen molar-refractivity contribution in [3.8, 4) is 0 Å². The molecule has 3 aromatic rings. The molecule has 0 saturated carbocycles. The molecule has 208 valence electrons. The van der Waals surface area contributed by atoms with Gasteiger partial charge in [0, 0.05) is 27.1 Å². The Bertz CT molecular complexity index is 1430. The Kier molecular flexibility index (Phi) is 10.5. The van der Waals surface area contributed by atoms with Crippen LogP contribution in [0.25, 0.3) is 0 Å². The topological polar surface area (TPSA) is 86.8 Å². The summed E-state index contributed by atoms with van der Waals surface area (Å²) >= 11 is 15.8. The average Bonchev–Trinajstić information content (AvgIpc) is 2.86. The third-order valence-corrected chi connectivity index (χ3v) is 8.86. The van der Waals surface area contributed by atoms with Gasteiger partial charge >= 0.3 is 0 Å². The van der Waals surface area contributed by atoms with Crippen LogP contribution < -0.4 is 9.62 Å². The predicted molar refractivity (Wildman–Crippen MR) is 160 cm³/mol. The van der Waals surface area contributed by atoms with Crippen LogP contribution in [0.2, 0.25) is 10.0 Å². The molecule has 0 bridgehead atoms. The van der Waals surface area contributed by atoms with Crippen molar-refractivity contribution in [1.82, 2.24) is 10.2 Å². The third kappa shape index (κ3) is 7.97. The van der Waals surface area contributed by atoms with Crippen LogP contribution in [0.5, 0.6) is 0 Å². The average molecular weight is 655 g/mol. The lowest BCUT2D eigenvalue weighted by atomic mass is 10.1. The van der Waals surface area contributed by atoms with E-state index in [4.69, 9.17) is 23.2 Å².